The number of carbonyl (C=O) groups is 2. The summed E-state index contributed by atoms with van der Waals surface area (Å²) in [5.41, 5.74) is 1.43. The van der Waals surface area contributed by atoms with Gasteiger partial charge >= 0.3 is 5.97 Å². The highest BCUT2D eigenvalue weighted by Gasteiger charge is 2.22. The van der Waals surface area contributed by atoms with E-state index in [1.165, 1.54) is 42.1 Å². The first-order valence-electron chi connectivity index (χ1n) is 8.28. The number of benzene rings is 1. The van der Waals surface area contributed by atoms with Crippen molar-refractivity contribution in [3.8, 4) is 5.69 Å². The van der Waals surface area contributed by atoms with Crippen LogP contribution < -0.4 is 5.32 Å². The van der Waals surface area contributed by atoms with Gasteiger partial charge in [-0.1, -0.05) is 11.6 Å². The summed E-state index contributed by atoms with van der Waals surface area (Å²) in [7, 11) is 1.28. The van der Waals surface area contributed by atoms with E-state index in [0.717, 1.165) is 0 Å². The summed E-state index contributed by atoms with van der Waals surface area (Å²) in [6.07, 6.45) is 0. The number of amides is 1. The van der Waals surface area contributed by atoms with Gasteiger partial charge in [0.05, 0.1) is 30.6 Å². The van der Waals surface area contributed by atoms with Crippen LogP contribution in [0.25, 0.3) is 5.69 Å². The average molecular weight is 406 g/mol. The normalized spacial score (nSPS) is 10.8. The average Bonchev–Trinajstić information content (AvgIpc) is 3.19. The summed E-state index contributed by atoms with van der Waals surface area (Å²) >= 11 is 6.33. The monoisotopic (exact) mass is 405 g/mol. The van der Waals surface area contributed by atoms with Crippen LogP contribution in [0.5, 0.6) is 0 Å². The number of aromatic nitrogens is 2. The molecule has 1 N–H and O–H groups in total. The zero-order valence-corrected chi connectivity index (χ0v) is 16.1. The quantitative estimate of drug-likeness (QED) is 0.655. The van der Waals surface area contributed by atoms with Gasteiger partial charge in [-0.15, -0.1) is 0 Å². The Bertz CT molecular complexity index is 1040. The maximum Gasteiger partial charge on any atom is 0.341 e. The minimum atomic E-state index is -0.515. The van der Waals surface area contributed by atoms with E-state index in [-0.39, 0.29) is 23.1 Å². The van der Waals surface area contributed by atoms with E-state index in [0.29, 0.717) is 28.5 Å². The van der Waals surface area contributed by atoms with Gasteiger partial charge in [-0.25, -0.2) is 13.9 Å². The van der Waals surface area contributed by atoms with Crippen LogP contribution in [0.3, 0.4) is 0 Å². The van der Waals surface area contributed by atoms with E-state index in [4.69, 9.17) is 16.0 Å². The number of nitrogens with zero attached hydrogens (tertiary/aromatic N) is 2. The van der Waals surface area contributed by atoms with Gasteiger partial charge in [0.2, 0.25) is 0 Å². The summed E-state index contributed by atoms with van der Waals surface area (Å²) in [5, 5.41) is 7.05. The van der Waals surface area contributed by atoms with E-state index in [1.54, 1.807) is 13.8 Å². The summed E-state index contributed by atoms with van der Waals surface area (Å²) in [4.78, 5) is 24.2. The van der Waals surface area contributed by atoms with E-state index in [9.17, 15) is 14.0 Å². The van der Waals surface area contributed by atoms with Crippen molar-refractivity contribution in [3.05, 3.63) is 69.6 Å². The number of furan rings is 1. The highest BCUT2D eigenvalue weighted by atomic mass is 35.5. The Hall–Kier alpha value is -3.13. The predicted molar refractivity (Wildman–Crippen MR) is 99.2 cm³/mol. The molecule has 146 valence electrons. The Morgan fingerprint density at radius 1 is 1.29 bits per heavy atom. The zero-order valence-electron chi connectivity index (χ0n) is 15.4. The van der Waals surface area contributed by atoms with Crippen LogP contribution in [0.4, 0.5) is 4.39 Å². The molecule has 3 rings (SSSR count). The second kappa shape index (κ2) is 7.85. The standard InChI is InChI=1S/C19H17ClFN3O4/c1-10-16(17(20)24(23-10)13-6-4-12(21)5-7-13)18(25)22-9-14-8-15(11(2)28-14)19(26)27-3/h4-8H,9H2,1-3H3,(H,22,25). The predicted octanol–water partition coefficient (Wildman–Crippen LogP) is 3.59. The summed E-state index contributed by atoms with van der Waals surface area (Å²) < 4.78 is 24.6. The summed E-state index contributed by atoms with van der Waals surface area (Å²) in [6.45, 7) is 3.33. The molecule has 1 amide bonds. The van der Waals surface area contributed by atoms with Gasteiger partial charge in [0.1, 0.15) is 28.1 Å². The van der Waals surface area contributed by atoms with Crippen molar-refractivity contribution in [1.29, 1.82) is 0 Å². The molecular weight excluding hydrogens is 389 g/mol. The van der Waals surface area contributed by atoms with Gasteiger partial charge in [-0.05, 0) is 44.2 Å². The Morgan fingerprint density at radius 3 is 2.61 bits per heavy atom. The lowest BCUT2D eigenvalue weighted by atomic mass is 10.2. The minimum Gasteiger partial charge on any atom is -0.465 e. The van der Waals surface area contributed by atoms with Crippen molar-refractivity contribution in [2.24, 2.45) is 0 Å². The molecule has 0 aliphatic carbocycles. The zero-order chi connectivity index (χ0) is 20.4. The molecule has 0 fully saturated rings. The van der Waals surface area contributed by atoms with Crippen LogP contribution in [0.2, 0.25) is 5.15 Å². The smallest absolute Gasteiger partial charge is 0.341 e. The molecule has 0 saturated heterocycles. The van der Waals surface area contributed by atoms with Gasteiger partial charge in [0.15, 0.2) is 0 Å². The van der Waals surface area contributed by atoms with Crippen LogP contribution in [-0.2, 0) is 11.3 Å². The molecule has 1 aromatic carbocycles. The summed E-state index contributed by atoms with van der Waals surface area (Å²) in [5.74, 6) is -0.565. The molecule has 28 heavy (non-hydrogen) atoms. The maximum absolute atomic E-state index is 13.1. The fraction of sp³-hybridized carbons (Fsp3) is 0.211. The van der Waals surface area contributed by atoms with E-state index >= 15 is 0 Å². The van der Waals surface area contributed by atoms with Crippen LogP contribution in [0, 0.1) is 19.7 Å². The molecule has 3 aromatic rings. The Morgan fingerprint density at radius 2 is 1.96 bits per heavy atom. The summed E-state index contributed by atoms with van der Waals surface area (Å²) in [6, 6.07) is 7.09. The second-order valence-corrected chi connectivity index (χ2v) is 6.35. The van der Waals surface area contributed by atoms with E-state index < -0.39 is 11.9 Å². The van der Waals surface area contributed by atoms with Gasteiger partial charge in [-0.2, -0.15) is 5.10 Å². The van der Waals surface area contributed by atoms with Gasteiger partial charge in [0, 0.05) is 0 Å². The molecule has 0 atom stereocenters. The molecule has 0 aliphatic rings. The maximum atomic E-state index is 13.1. The number of carbonyl (C=O) groups excluding carboxylic acids is 2. The first-order valence-corrected chi connectivity index (χ1v) is 8.66. The molecule has 7 nitrogen and oxygen atoms in total. The van der Waals surface area contributed by atoms with E-state index in [1.807, 2.05) is 0 Å². The molecule has 2 heterocycles. The number of esters is 1. The molecule has 0 unspecified atom stereocenters. The molecule has 0 bridgehead atoms. The molecule has 0 aliphatic heterocycles. The fourth-order valence-corrected chi connectivity index (χ4v) is 3.07. The van der Waals surface area contributed by atoms with Crippen molar-refractivity contribution in [2.45, 2.75) is 20.4 Å². The topological polar surface area (TPSA) is 86.4 Å². The number of hydrogen-bond donors (Lipinski definition) is 1. The molecule has 0 saturated carbocycles. The molecule has 0 spiro atoms. The third-order valence-corrected chi connectivity index (χ3v) is 4.45. The number of ether oxygens (including phenoxy) is 1. The number of nitrogens with one attached hydrogen (secondary N) is 1. The van der Waals surface area contributed by atoms with Gasteiger partial charge < -0.3 is 14.5 Å². The van der Waals surface area contributed by atoms with Crippen LogP contribution in [0.1, 0.15) is 37.9 Å². The van der Waals surface area contributed by atoms with Crippen LogP contribution in [-0.4, -0.2) is 28.8 Å². The SMILES string of the molecule is COC(=O)c1cc(CNC(=O)c2c(C)nn(-c3ccc(F)cc3)c2Cl)oc1C. The minimum absolute atomic E-state index is 0.0498. The molecule has 9 heteroatoms. The number of aryl methyl sites for hydroxylation is 2. The Balaban J connectivity index is 1.78. The number of rotatable bonds is 5. The van der Waals surface area contributed by atoms with E-state index in [2.05, 4.69) is 15.2 Å². The lowest BCUT2D eigenvalue weighted by Crippen LogP contribution is -2.23. The Kier molecular flexibility index (Phi) is 5.51. The largest absolute Gasteiger partial charge is 0.465 e. The highest BCUT2D eigenvalue weighted by Crippen LogP contribution is 2.24. The lowest BCUT2D eigenvalue weighted by molar-refractivity contribution is 0.0598. The number of halogens is 2. The highest BCUT2D eigenvalue weighted by molar-refractivity contribution is 6.33. The third-order valence-electron chi connectivity index (χ3n) is 4.10. The second-order valence-electron chi connectivity index (χ2n) is 6.00. The first kappa shape index (κ1) is 19.6. The molecule has 0 radical (unpaired) electrons. The van der Waals surface area contributed by atoms with Crippen molar-refractivity contribution < 1.29 is 23.1 Å². The Labute approximate surface area is 165 Å². The van der Waals surface area contributed by atoms with Crippen molar-refractivity contribution in [2.75, 3.05) is 7.11 Å². The van der Waals surface area contributed by atoms with Crippen LogP contribution >= 0.6 is 11.6 Å². The van der Waals surface area contributed by atoms with Crippen molar-refractivity contribution in [1.82, 2.24) is 15.1 Å². The third kappa shape index (κ3) is 3.77. The van der Waals surface area contributed by atoms with Crippen molar-refractivity contribution >= 4 is 23.5 Å². The fourth-order valence-electron chi connectivity index (χ4n) is 2.71. The van der Waals surface area contributed by atoms with Gasteiger partial charge in [-0.3, -0.25) is 4.79 Å². The molecular formula is C19H17ClFN3O4. The van der Waals surface area contributed by atoms with Crippen LogP contribution in [0.15, 0.2) is 34.7 Å². The number of methoxy groups -OCH3 is 1. The lowest BCUT2D eigenvalue weighted by Gasteiger charge is -2.04. The molecule has 2 aromatic heterocycles. The number of hydrogen-bond acceptors (Lipinski definition) is 5. The van der Waals surface area contributed by atoms with Gasteiger partial charge in [0.25, 0.3) is 5.91 Å². The van der Waals surface area contributed by atoms with Crippen molar-refractivity contribution in [3.63, 3.8) is 0 Å². The first-order chi connectivity index (χ1) is 13.3.